The number of amides is 2. The number of fused-ring (bicyclic) bond motifs is 2. The van der Waals surface area contributed by atoms with Crippen molar-refractivity contribution in [3.05, 3.63) is 45.5 Å². The number of ether oxygens (including phenoxy) is 2. The highest BCUT2D eigenvalue weighted by Crippen LogP contribution is 2.30. The largest absolute Gasteiger partial charge is 0.460 e. The van der Waals surface area contributed by atoms with Crippen molar-refractivity contribution in [1.82, 2.24) is 14.8 Å². The van der Waals surface area contributed by atoms with Gasteiger partial charge in [-0.15, -0.1) is 0 Å². The first-order chi connectivity index (χ1) is 18.7. The average Bonchev–Trinajstić information content (AvgIpc) is 3.38. The predicted molar refractivity (Wildman–Crippen MR) is 140 cm³/mol. The maximum atomic E-state index is 12.8. The number of halogens is 3. The average molecular weight is 565 g/mol. The minimum atomic E-state index is -4.37. The van der Waals surface area contributed by atoms with Gasteiger partial charge >= 0.3 is 6.18 Å². The van der Waals surface area contributed by atoms with Gasteiger partial charge in [-0.3, -0.25) is 9.59 Å². The molecule has 210 valence electrons. The normalized spacial score (nSPS) is 22.2. The maximum absolute atomic E-state index is 12.8. The summed E-state index contributed by atoms with van der Waals surface area (Å²) in [6.45, 7) is 2.11. The number of carbonyl (C=O) groups excluding carboxylic acids is 2. The van der Waals surface area contributed by atoms with E-state index in [1.807, 2.05) is 0 Å². The maximum Gasteiger partial charge on any atom is 0.422 e. The van der Waals surface area contributed by atoms with Crippen LogP contribution in [0.25, 0.3) is 0 Å². The minimum absolute atomic E-state index is 0.0697. The van der Waals surface area contributed by atoms with E-state index in [0.29, 0.717) is 30.7 Å². The van der Waals surface area contributed by atoms with Crippen LogP contribution in [0, 0.1) is 5.92 Å². The van der Waals surface area contributed by atoms with Gasteiger partial charge in [0.25, 0.3) is 17.0 Å². The monoisotopic (exact) mass is 564 g/mol. The van der Waals surface area contributed by atoms with Crippen molar-refractivity contribution >= 4 is 29.4 Å². The lowest BCUT2D eigenvalue weighted by Gasteiger charge is -2.29. The molecule has 0 bridgehead atoms. The number of aromatic nitrogens is 1. The summed E-state index contributed by atoms with van der Waals surface area (Å²) in [5.74, 6) is -0.340. The molecule has 0 aliphatic carbocycles. The third-order valence-corrected chi connectivity index (χ3v) is 8.46. The smallest absolute Gasteiger partial charge is 0.422 e. The first-order valence-corrected chi connectivity index (χ1v) is 14.0. The van der Waals surface area contributed by atoms with Gasteiger partial charge in [0.2, 0.25) is 0 Å². The van der Waals surface area contributed by atoms with Gasteiger partial charge < -0.3 is 19.3 Å². The second kappa shape index (κ2) is 11.7. The van der Waals surface area contributed by atoms with Crippen LogP contribution < -0.4 is 4.74 Å². The molecule has 8 nitrogen and oxygen atoms in total. The van der Waals surface area contributed by atoms with Gasteiger partial charge in [0.1, 0.15) is 0 Å². The molecular formula is C27H31F3N4O4S. The lowest BCUT2D eigenvalue weighted by atomic mass is 9.97. The van der Waals surface area contributed by atoms with Crippen LogP contribution in [-0.4, -0.2) is 85.0 Å². The van der Waals surface area contributed by atoms with Crippen molar-refractivity contribution in [3.63, 3.8) is 0 Å². The molecule has 1 saturated heterocycles. The van der Waals surface area contributed by atoms with Crippen LogP contribution in [0.4, 0.5) is 13.2 Å². The number of carbonyl (C=O) groups is 2. The number of thiazole rings is 1. The fourth-order valence-corrected chi connectivity index (χ4v) is 6.17. The van der Waals surface area contributed by atoms with Gasteiger partial charge in [-0.2, -0.15) is 13.2 Å². The third-order valence-electron chi connectivity index (χ3n) is 7.39. The van der Waals surface area contributed by atoms with Crippen LogP contribution >= 0.6 is 11.3 Å². The summed E-state index contributed by atoms with van der Waals surface area (Å²) < 4.78 is 48.1. The Labute approximate surface area is 228 Å². The van der Waals surface area contributed by atoms with E-state index in [2.05, 4.69) is 14.9 Å². The van der Waals surface area contributed by atoms with Crippen molar-refractivity contribution < 1.29 is 32.2 Å². The molecule has 4 heterocycles. The lowest BCUT2D eigenvalue weighted by Crippen LogP contribution is -2.33. The Morgan fingerprint density at radius 3 is 2.87 bits per heavy atom. The summed E-state index contributed by atoms with van der Waals surface area (Å²) in [6, 6.07) is 5.18. The van der Waals surface area contributed by atoms with Gasteiger partial charge in [-0.05, 0) is 43.4 Å². The van der Waals surface area contributed by atoms with E-state index >= 15 is 0 Å². The molecule has 1 aromatic heterocycles. The number of hydrogen-bond donors (Lipinski definition) is 0. The Kier molecular flexibility index (Phi) is 8.34. The van der Waals surface area contributed by atoms with Gasteiger partial charge in [-0.25, -0.2) is 9.98 Å². The highest BCUT2D eigenvalue weighted by atomic mass is 32.1. The molecule has 2 atom stereocenters. The van der Waals surface area contributed by atoms with Crippen molar-refractivity contribution in [1.29, 1.82) is 0 Å². The molecule has 0 spiro atoms. The van der Waals surface area contributed by atoms with Gasteiger partial charge in [0.05, 0.1) is 18.4 Å². The number of benzene rings is 1. The van der Waals surface area contributed by atoms with Gasteiger partial charge in [-0.1, -0.05) is 17.4 Å². The molecule has 12 heteroatoms. The molecule has 1 unspecified atom stereocenters. The fourth-order valence-electron chi connectivity index (χ4n) is 5.23. The molecule has 2 aromatic rings. The highest BCUT2D eigenvalue weighted by molar-refractivity contribution is 7.13. The van der Waals surface area contributed by atoms with E-state index in [1.54, 1.807) is 36.4 Å². The molecule has 1 aromatic carbocycles. The van der Waals surface area contributed by atoms with Crippen LogP contribution in [0.3, 0.4) is 0 Å². The van der Waals surface area contributed by atoms with Crippen LogP contribution in [0.15, 0.2) is 23.2 Å². The van der Waals surface area contributed by atoms with Crippen LogP contribution in [0.1, 0.15) is 56.1 Å². The second-order valence-corrected chi connectivity index (χ2v) is 11.3. The van der Waals surface area contributed by atoms with Crippen molar-refractivity contribution in [2.45, 2.75) is 50.9 Å². The molecule has 5 rings (SSSR count). The molecule has 1 fully saturated rings. The van der Waals surface area contributed by atoms with E-state index in [1.165, 1.54) is 11.3 Å². The molecule has 0 radical (unpaired) electrons. The summed E-state index contributed by atoms with van der Waals surface area (Å²) in [7, 11) is 1.72. The zero-order chi connectivity index (χ0) is 27.6. The fraction of sp³-hybridized carbons (Fsp3) is 0.556. The Hall–Kier alpha value is -2.83. The SMILES string of the molecule is CN1Cc2c(C(=O)N=CC3CC[C@H](CCN4CCc5nc(OCC(F)(F)F)sc5CC4)OC3)cccc2C1=O. The summed E-state index contributed by atoms with van der Waals surface area (Å²) in [5.41, 5.74) is 2.62. The van der Waals surface area contributed by atoms with Crippen LogP contribution in [0.5, 0.6) is 5.19 Å². The standard InChI is InChI=1S/C27H31F3N4O4S/c1-33-14-21-19(3-2-4-20(21)25(33)36)24(35)31-13-17-5-6-18(37-15-17)7-10-34-11-8-22-23(9-12-34)39-26(32-22)38-16-27(28,29)30/h2-4,13,17-18H,5-12,14-16H2,1H3/t17?,18-/m1/s1. The quantitative estimate of drug-likeness (QED) is 0.470. The molecule has 2 amide bonds. The summed E-state index contributed by atoms with van der Waals surface area (Å²) >= 11 is 1.21. The Bertz CT molecular complexity index is 1210. The topological polar surface area (TPSA) is 84.3 Å². The Balaban J connectivity index is 1.04. The second-order valence-electron chi connectivity index (χ2n) is 10.3. The zero-order valence-corrected chi connectivity index (χ0v) is 22.5. The van der Waals surface area contributed by atoms with Crippen LogP contribution in [-0.2, 0) is 24.1 Å². The molecule has 0 saturated carbocycles. The highest BCUT2D eigenvalue weighted by Gasteiger charge is 2.30. The van der Waals surface area contributed by atoms with E-state index in [4.69, 9.17) is 9.47 Å². The van der Waals surface area contributed by atoms with E-state index in [0.717, 1.165) is 61.5 Å². The number of aliphatic imine (C=N–C) groups is 1. The Morgan fingerprint density at radius 1 is 1.28 bits per heavy atom. The summed E-state index contributed by atoms with van der Waals surface area (Å²) in [4.78, 5) is 38.4. The van der Waals surface area contributed by atoms with Crippen molar-refractivity contribution in [2.24, 2.45) is 10.9 Å². The third kappa shape index (κ3) is 6.85. The molecule has 3 aliphatic rings. The van der Waals surface area contributed by atoms with E-state index < -0.39 is 12.8 Å². The van der Waals surface area contributed by atoms with Crippen LogP contribution in [0.2, 0.25) is 0 Å². The van der Waals surface area contributed by atoms with Gasteiger partial charge in [0, 0.05) is 67.8 Å². The number of rotatable bonds is 7. The molecule has 39 heavy (non-hydrogen) atoms. The van der Waals surface area contributed by atoms with Crippen molar-refractivity contribution in [3.8, 4) is 5.19 Å². The molecule has 3 aliphatic heterocycles. The number of hydrogen-bond acceptors (Lipinski definition) is 7. The molecule has 0 N–H and O–H groups in total. The number of nitrogens with zero attached hydrogens (tertiary/aromatic N) is 4. The predicted octanol–water partition coefficient (Wildman–Crippen LogP) is 4.17. The van der Waals surface area contributed by atoms with Gasteiger partial charge in [0.15, 0.2) is 6.61 Å². The minimum Gasteiger partial charge on any atom is -0.460 e. The summed E-state index contributed by atoms with van der Waals surface area (Å²) in [5, 5.41) is 0.0940. The number of alkyl halides is 3. The lowest BCUT2D eigenvalue weighted by molar-refractivity contribution is -0.153. The first kappa shape index (κ1) is 27.7. The Morgan fingerprint density at radius 2 is 2.10 bits per heavy atom. The molecular weight excluding hydrogens is 533 g/mol. The summed E-state index contributed by atoms with van der Waals surface area (Å²) in [6.07, 6.45) is 1.55. The first-order valence-electron chi connectivity index (χ1n) is 13.1. The van der Waals surface area contributed by atoms with E-state index in [9.17, 15) is 22.8 Å². The van der Waals surface area contributed by atoms with Crippen molar-refractivity contribution in [2.75, 3.05) is 39.9 Å². The van der Waals surface area contributed by atoms with E-state index in [-0.39, 0.29) is 29.0 Å². The zero-order valence-electron chi connectivity index (χ0n) is 21.7.